The molecule has 2 amide bonds. The van der Waals surface area contributed by atoms with Gasteiger partial charge < -0.3 is 20.3 Å². The van der Waals surface area contributed by atoms with Crippen LogP contribution >= 0.6 is 0 Å². The Bertz CT molecular complexity index is 819. The van der Waals surface area contributed by atoms with Crippen LogP contribution in [-0.4, -0.2) is 60.1 Å². The second-order valence-corrected chi connectivity index (χ2v) is 10.0. The highest BCUT2D eigenvalue weighted by molar-refractivity contribution is 6.02. The van der Waals surface area contributed by atoms with Gasteiger partial charge >= 0.3 is 6.09 Å². The molecule has 1 fully saturated rings. The van der Waals surface area contributed by atoms with Gasteiger partial charge in [0.2, 0.25) is 5.91 Å². The van der Waals surface area contributed by atoms with E-state index in [2.05, 4.69) is 29.7 Å². The zero-order valence-electron chi connectivity index (χ0n) is 20.6. The molecule has 3 unspecified atom stereocenters. The average Bonchev–Trinajstić information content (AvgIpc) is 2.78. The van der Waals surface area contributed by atoms with Crippen molar-refractivity contribution in [1.82, 2.24) is 15.5 Å². The highest BCUT2D eigenvalue weighted by Gasteiger charge is 2.41. The number of hydrogen-bond donors (Lipinski definition) is 2. The number of piperidine rings is 1. The van der Waals surface area contributed by atoms with Gasteiger partial charge in [0.05, 0.1) is 12.0 Å². The van der Waals surface area contributed by atoms with Gasteiger partial charge in [-0.05, 0) is 65.0 Å². The summed E-state index contributed by atoms with van der Waals surface area (Å²) in [5.74, 6) is 1.03. The minimum absolute atomic E-state index is 0.0779. The Morgan fingerprint density at radius 3 is 2.67 bits per heavy atom. The fourth-order valence-electron chi connectivity index (χ4n) is 4.63. The molecule has 0 bridgehead atoms. The van der Waals surface area contributed by atoms with E-state index < -0.39 is 5.60 Å². The summed E-state index contributed by atoms with van der Waals surface area (Å²) in [6.45, 7) is 9.78. The number of carbonyl (C=O) groups excluding carboxylic acids is 2. The largest absolute Gasteiger partial charge is 0.444 e. The van der Waals surface area contributed by atoms with Crippen molar-refractivity contribution in [2.45, 2.75) is 83.9 Å². The third-order valence-corrected chi connectivity index (χ3v) is 6.22. The molecule has 1 aromatic rings. The van der Waals surface area contributed by atoms with Crippen LogP contribution in [0.3, 0.4) is 0 Å². The Morgan fingerprint density at radius 2 is 1.97 bits per heavy atom. The zero-order chi connectivity index (χ0) is 23.8. The molecule has 1 aromatic carbocycles. The van der Waals surface area contributed by atoms with Gasteiger partial charge in [0.1, 0.15) is 11.4 Å². The predicted octanol–water partition coefficient (Wildman–Crippen LogP) is 3.92. The molecular weight excluding hydrogens is 416 g/mol. The first kappa shape index (κ1) is 25.2. The number of amides is 2. The summed E-state index contributed by atoms with van der Waals surface area (Å²) in [5, 5.41) is 6.43. The Hall–Kier alpha value is -2.41. The van der Waals surface area contributed by atoms with Gasteiger partial charge in [0.25, 0.3) is 0 Å². The van der Waals surface area contributed by atoms with Crippen molar-refractivity contribution in [2.75, 3.05) is 19.6 Å². The molecule has 182 valence electrons. The van der Waals surface area contributed by atoms with Crippen molar-refractivity contribution >= 4 is 17.8 Å². The maximum Gasteiger partial charge on any atom is 0.407 e. The third kappa shape index (κ3) is 7.29. The Morgan fingerprint density at radius 1 is 1.21 bits per heavy atom. The molecule has 1 saturated heterocycles. The number of nitrogens with zero attached hydrogens (tertiary/aromatic N) is 2. The van der Waals surface area contributed by atoms with Crippen LogP contribution < -0.4 is 10.6 Å². The fourth-order valence-corrected chi connectivity index (χ4v) is 4.63. The normalized spacial score (nSPS) is 21.8. The highest BCUT2D eigenvalue weighted by Crippen LogP contribution is 2.29. The van der Waals surface area contributed by atoms with Gasteiger partial charge in [-0.2, -0.15) is 0 Å². The predicted molar refractivity (Wildman–Crippen MR) is 131 cm³/mol. The zero-order valence-corrected chi connectivity index (χ0v) is 20.6. The summed E-state index contributed by atoms with van der Waals surface area (Å²) in [6.07, 6.45) is 5.01. The molecule has 3 atom stereocenters. The number of hydrogen-bond acceptors (Lipinski definition) is 5. The van der Waals surface area contributed by atoms with Gasteiger partial charge in [-0.15, -0.1) is 0 Å². The van der Waals surface area contributed by atoms with E-state index in [4.69, 9.17) is 9.73 Å². The van der Waals surface area contributed by atoms with Gasteiger partial charge in [-0.3, -0.25) is 9.79 Å². The molecule has 7 nitrogen and oxygen atoms in total. The minimum Gasteiger partial charge on any atom is -0.444 e. The molecule has 2 N–H and O–H groups in total. The molecular formula is C26H40N4O3. The van der Waals surface area contributed by atoms with E-state index in [-0.39, 0.29) is 30.0 Å². The van der Waals surface area contributed by atoms with Gasteiger partial charge in [0, 0.05) is 25.6 Å². The standard InChI is InChI=1S/C26H40N4O3/c1-5-21(27-15-11-16-28-25(32)33-26(2,3)4)23-20(18-19-12-7-6-8-13-19)24(31)30-17-10-9-14-22(30)29-23/h6-8,12-13,20-21,23,27H,5,9-11,14-18H2,1-4H3,(H,28,32). The molecule has 2 aliphatic rings. The van der Waals surface area contributed by atoms with E-state index >= 15 is 0 Å². The van der Waals surface area contributed by atoms with Gasteiger partial charge in [0.15, 0.2) is 0 Å². The highest BCUT2D eigenvalue weighted by atomic mass is 16.6. The van der Waals surface area contributed by atoms with E-state index in [1.807, 2.05) is 43.9 Å². The number of alkyl carbamates (subject to hydrolysis) is 1. The first-order valence-corrected chi connectivity index (χ1v) is 12.4. The number of amidine groups is 1. The average molecular weight is 457 g/mol. The quantitative estimate of drug-likeness (QED) is 0.552. The Labute approximate surface area is 198 Å². The summed E-state index contributed by atoms with van der Waals surface area (Å²) >= 11 is 0. The van der Waals surface area contributed by atoms with Crippen LogP contribution in [-0.2, 0) is 16.0 Å². The lowest BCUT2D eigenvalue weighted by Crippen LogP contribution is -2.56. The van der Waals surface area contributed by atoms with Crippen LogP contribution in [0, 0.1) is 5.92 Å². The van der Waals surface area contributed by atoms with Crippen LogP contribution in [0.4, 0.5) is 4.79 Å². The molecule has 2 heterocycles. The second kappa shape index (κ2) is 11.6. The number of benzene rings is 1. The van der Waals surface area contributed by atoms with E-state index in [9.17, 15) is 9.59 Å². The van der Waals surface area contributed by atoms with Crippen molar-refractivity contribution in [3.63, 3.8) is 0 Å². The van der Waals surface area contributed by atoms with E-state index in [1.54, 1.807) is 0 Å². The van der Waals surface area contributed by atoms with Gasteiger partial charge in [-0.25, -0.2) is 4.79 Å². The number of carbonyl (C=O) groups is 2. The molecule has 2 aliphatic heterocycles. The molecule has 3 rings (SSSR count). The summed E-state index contributed by atoms with van der Waals surface area (Å²) in [4.78, 5) is 32.4. The lowest BCUT2D eigenvalue weighted by atomic mass is 9.83. The Balaban J connectivity index is 1.63. The van der Waals surface area contributed by atoms with Gasteiger partial charge in [-0.1, -0.05) is 37.3 Å². The summed E-state index contributed by atoms with van der Waals surface area (Å²) in [6, 6.07) is 10.3. The second-order valence-electron chi connectivity index (χ2n) is 10.0. The molecule has 0 aromatic heterocycles. The van der Waals surface area contributed by atoms with Crippen LogP contribution in [0.5, 0.6) is 0 Å². The molecule has 0 aliphatic carbocycles. The van der Waals surface area contributed by atoms with Crippen LogP contribution in [0.2, 0.25) is 0 Å². The summed E-state index contributed by atoms with van der Waals surface area (Å²) in [7, 11) is 0. The summed E-state index contributed by atoms with van der Waals surface area (Å²) in [5.41, 5.74) is 0.677. The number of fused-ring (bicyclic) bond motifs is 1. The van der Waals surface area contributed by atoms with E-state index in [0.717, 1.165) is 51.0 Å². The van der Waals surface area contributed by atoms with E-state index in [1.165, 1.54) is 5.56 Å². The molecule has 7 heteroatoms. The fraction of sp³-hybridized carbons (Fsp3) is 0.654. The third-order valence-electron chi connectivity index (χ3n) is 6.22. The van der Waals surface area contributed by atoms with Crippen LogP contribution in [0.1, 0.15) is 65.4 Å². The number of rotatable bonds is 9. The lowest BCUT2D eigenvalue weighted by Gasteiger charge is -2.41. The number of aliphatic imine (C=N–C) groups is 1. The van der Waals surface area contributed by atoms with Crippen molar-refractivity contribution in [3.05, 3.63) is 35.9 Å². The summed E-state index contributed by atoms with van der Waals surface area (Å²) < 4.78 is 5.28. The SMILES string of the molecule is CCC(NCCCNC(=O)OC(C)(C)C)C1N=C2CCCCN2C(=O)C1Cc1ccccc1. The first-order chi connectivity index (χ1) is 15.8. The van der Waals surface area contributed by atoms with Crippen LogP contribution in [0.25, 0.3) is 0 Å². The van der Waals surface area contributed by atoms with E-state index in [0.29, 0.717) is 13.0 Å². The number of ether oxygens (including phenoxy) is 1. The molecule has 0 saturated carbocycles. The van der Waals surface area contributed by atoms with Crippen LogP contribution in [0.15, 0.2) is 35.3 Å². The maximum absolute atomic E-state index is 13.5. The molecule has 0 radical (unpaired) electrons. The van der Waals surface area contributed by atoms with Crippen molar-refractivity contribution < 1.29 is 14.3 Å². The smallest absolute Gasteiger partial charge is 0.407 e. The maximum atomic E-state index is 13.5. The number of nitrogens with one attached hydrogen (secondary N) is 2. The minimum atomic E-state index is -0.497. The van der Waals surface area contributed by atoms with Crippen molar-refractivity contribution in [1.29, 1.82) is 0 Å². The monoisotopic (exact) mass is 456 g/mol. The van der Waals surface area contributed by atoms with Crippen molar-refractivity contribution in [3.8, 4) is 0 Å². The topological polar surface area (TPSA) is 83.0 Å². The Kier molecular flexibility index (Phi) is 8.89. The lowest BCUT2D eigenvalue weighted by molar-refractivity contribution is -0.134. The first-order valence-electron chi connectivity index (χ1n) is 12.4. The molecule has 0 spiro atoms. The van der Waals surface area contributed by atoms with Crippen molar-refractivity contribution in [2.24, 2.45) is 10.9 Å². The molecule has 33 heavy (non-hydrogen) atoms.